The molecule has 2 unspecified atom stereocenters. The molecule has 0 radical (unpaired) electrons. The molecule has 0 aromatic carbocycles. The summed E-state index contributed by atoms with van der Waals surface area (Å²) in [6.07, 6.45) is 5.68. The van der Waals surface area contributed by atoms with Crippen LogP contribution in [0.1, 0.15) is 24.6 Å². The number of nitriles is 1. The van der Waals surface area contributed by atoms with Crippen LogP contribution in [0.4, 0.5) is 10.6 Å². The number of aromatic nitrogens is 5. The summed E-state index contributed by atoms with van der Waals surface area (Å²) in [6.45, 7) is -0.169. The van der Waals surface area contributed by atoms with Gasteiger partial charge >= 0.3 is 6.09 Å². The van der Waals surface area contributed by atoms with Gasteiger partial charge in [-0.1, -0.05) is 0 Å². The number of carbonyl (C=O) groups excluding carboxylic acids is 1. The van der Waals surface area contributed by atoms with E-state index in [4.69, 9.17) is 15.2 Å². The average Bonchev–Trinajstić information content (AvgIpc) is 3.39. The van der Waals surface area contributed by atoms with Crippen molar-refractivity contribution in [3.05, 3.63) is 42.9 Å². The molecule has 3 aromatic heterocycles. The molecule has 1 aliphatic heterocycles. The summed E-state index contributed by atoms with van der Waals surface area (Å²) < 4.78 is 14.0. The van der Waals surface area contributed by atoms with Gasteiger partial charge in [0.1, 0.15) is 37.0 Å². The molecule has 3 aromatic rings. The Bertz CT molecular complexity index is 991. The van der Waals surface area contributed by atoms with E-state index in [1.807, 2.05) is 6.07 Å². The van der Waals surface area contributed by atoms with Crippen LogP contribution in [0.15, 0.2) is 37.2 Å². The Morgan fingerprint density at radius 1 is 1.54 bits per heavy atom. The van der Waals surface area contributed by atoms with Crippen LogP contribution >= 0.6 is 0 Å². The van der Waals surface area contributed by atoms with Crippen molar-refractivity contribution in [1.82, 2.24) is 24.1 Å². The Hall–Kier alpha value is -3.45. The maximum Gasteiger partial charge on any atom is 0.419 e. The molecule has 0 saturated carbocycles. The van der Waals surface area contributed by atoms with Crippen LogP contribution in [0, 0.1) is 11.3 Å². The molecule has 10 heteroatoms. The lowest BCUT2D eigenvalue weighted by atomic mass is 10.0. The zero-order valence-electron chi connectivity index (χ0n) is 13.6. The molecule has 2 atom stereocenters. The van der Waals surface area contributed by atoms with Gasteiger partial charge < -0.3 is 15.2 Å². The van der Waals surface area contributed by atoms with Gasteiger partial charge in [-0.05, 0) is 25.0 Å². The first-order valence-electron chi connectivity index (χ1n) is 7.94. The number of nitrogens with zero attached hydrogens (tertiary/aromatic N) is 6. The van der Waals surface area contributed by atoms with Crippen LogP contribution in [0.5, 0.6) is 0 Å². The molecule has 0 aliphatic carbocycles. The minimum atomic E-state index is -1.20. The highest BCUT2D eigenvalue weighted by molar-refractivity contribution is 5.70. The number of hydrogen-bond acceptors (Lipinski definition) is 8. The zero-order valence-corrected chi connectivity index (χ0v) is 13.6. The zero-order chi connectivity index (χ0) is 18.1. The third kappa shape index (κ3) is 2.64. The first kappa shape index (κ1) is 16.0. The Balaban J connectivity index is 1.51. The number of ether oxygens (including phenoxy) is 2. The van der Waals surface area contributed by atoms with Crippen LogP contribution < -0.4 is 5.73 Å². The third-order valence-electron chi connectivity index (χ3n) is 4.37. The maximum atomic E-state index is 11.9. The van der Waals surface area contributed by atoms with E-state index in [0.29, 0.717) is 24.2 Å². The lowest BCUT2D eigenvalue weighted by Crippen LogP contribution is -2.34. The lowest BCUT2D eigenvalue weighted by Gasteiger charge is -2.21. The predicted octanol–water partition coefficient (Wildman–Crippen LogP) is 1.31. The fraction of sp³-hybridized carbons (Fsp3) is 0.312. The van der Waals surface area contributed by atoms with E-state index < -0.39 is 11.7 Å². The number of anilines is 1. The van der Waals surface area contributed by atoms with E-state index in [1.54, 1.807) is 10.6 Å². The van der Waals surface area contributed by atoms with Crippen LogP contribution in [-0.4, -0.2) is 42.5 Å². The smallest absolute Gasteiger partial charge is 0.419 e. The molecule has 2 N–H and O–H groups in total. The van der Waals surface area contributed by atoms with Gasteiger partial charge in [-0.15, -0.1) is 0 Å². The molecule has 132 valence electrons. The maximum absolute atomic E-state index is 11.9. The molecule has 4 rings (SSSR count). The molecule has 1 aliphatic rings. The van der Waals surface area contributed by atoms with Gasteiger partial charge in [0, 0.05) is 12.4 Å². The highest BCUT2D eigenvalue weighted by Crippen LogP contribution is 2.40. The predicted molar refractivity (Wildman–Crippen MR) is 87.8 cm³/mol. The van der Waals surface area contributed by atoms with Crippen molar-refractivity contribution >= 4 is 17.4 Å². The molecule has 0 amide bonds. The first-order chi connectivity index (χ1) is 12.6. The molecule has 26 heavy (non-hydrogen) atoms. The van der Waals surface area contributed by atoms with E-state index in [1.165, 1.54) is 29.6 Å². The van der Waals surface area contributed by atoms with E-state index in [-0.39, 0.29) is 12.7 Å². The lowest BCUT2D eigenvalue weighted by molar-refractivity contribution is -0.0425. The molecular weight excluding hydrogens is 338 g/mol. The normalized spacial score (nSPS) is 22.3. The van der Waals surface area contributed by atoms with Crippen LogP contribution in [0.3, 0.4) is 0 Å². The Morgan fingerprint density at radius 2 is 2.42 bits per heavy atom. The van der Waals surface area contributed by atoms with Gasteiger partial charge in [0.05, 0.1) is 5.69 Å². The summed E-state index contributed by atoms with van der Waals surface area (Å²) in [4.78, 5) is 19.7. The van der Waals surface area contributed by atoms with Crippen molar-refractivity contribution < 1.29 is 14.3 Å². The Kier molecular flexibility index (Phi) is 3.78. The number of nitrogens with two attached hydrogens (primary N) is 1. The van der Waals surface area contributed by atoms with Gasteiger partial charge in [-0.25, -0.2) is 23.8 Å². The fourth-order valence-corrected chi connectivity index (χ4v) is 3.02. The Morgan fingerprint density at radius 3 is 3.19 bits per heavy atom. The van der Waals surface area contributed by atoms with Crippen molar-refractivity contribution in [1.29, 1.82) is 5.26 Å². The summed E-state index contributed by atoms with van der Waals surface area (Å²) in [5, 5.41) is 13.8. The van der Waals surface area contributed by atoms with Gasteiger partial charge in [0.25, 0.3) is 0 Å². The highest BCUT2D eigenvalue weighted by atomic mass is 16.6. The average molecular weight is 353 g/mol. The number of fused-ring (bicyclic) bond motifs is 1. The number of nitrogen functional groups attached to an aromatic ring is 1. The summed E-state index contributed by atoms with van der Waals surface area (Å²) in [7, 11) is 0. The van der Waals surface area contributed by atoms with E-state index in [2.05, 4.69) is 21.1 Å². The van der Waals surface area contributed by atoms with E-state index in [0.717, 1.165) is 5.69 Å². The van der Waals surface area contributed by atoms with Crippen LogP contribution in [-0.2, 0) is 9.47 Å². The highest BCUT2D eigenvalue weighted by Gasteiger charge is 2.43. The minimum Gasteiger partial charge on any atom is -0.445 e. The second-order valence-electron chi connectivity index (χ2n) is 5.98. The quantitative estimate of drug-likeness (QED) is 0.745. The number of carbonyl (C=O) groups is 1. The molecular formula is C16H15N7O3. The second-order valence-corrected chi connectivity index (χ2v) is 5.98. The fourth-order valence-electron chi connectivity index (χ4n) is 3.02. The number of rotatable bonds is 3. The summed E-state index contributed by atoms with van der Waals surface area (Å²) >= 11 is 0. The molecule has 1 fully saturated rings. The van der Waals surface area contributed by atoms with Gasteiger partial charge in [-0.2, -0.15) is 10.4 Å². The number of hydrogen-bond donors (Lipinski definition) is 1. The molecule has 10 nitrogen and oxygen atoms in total. The van der Waals surface area contributed by atoms with Gasteiger partial charge in [-0.3, -0.25) is 0 Å². The summed E-state index contributed by atoms with van der Waals surface area (Å²) in [5.74, 6) is 0.366. The molecule has 1 saturated heterocycles. The summed E-state index contributed by atoms with van der Waals surface area (Å²) in [5.41, 5.74) is 6.08. The van der Waals surface area contributed by atoms with E-state index >= 15 is 0 Å². The topological polar surface area (TPSA) is 133 Å². The standard InChI is InChI=1S/C16H15N7O3/c17-7-16(8-25-15(24)22-6-5-19-10-22)4-3-13(26-16)11-1-2-12-14(18)20-9-21-23(11)12/h1-2,5-6,9-10,13H,3-4,8H2,(H2,18,20,21). The van der Waals surface area contributed by atoms with Crippen molar-refractivity contribution in [2.24, 2.45) is 0 Å². The Labute approximate surface area is 147 Å². The van der Waals surface area contributed by atoms with Gasteiger partial charge in [0.15, 0.2) is 11.4 Å². The summed E-state index contributed by atoms with van der Waals surface area (Å²) in [6, 6.07) is 5.79. The second kappa shape index (κ2) is 6.12. The first-order valence-corrected chi connectivity index (χ1v) is 7.94. The monoisotopic (exact) mass is 353 g/mol. The minimum absolute atomic E-state index is 0.169. The van der Waals surface area contributed by atoms with Crippen LogP contribution in [0.25, 0.3) is 5.52 Å². The SMILES string of the molecule is N#CC1(COC(=O)n2ccnc2)CCC(c2ccc3c(N)ncnn23)O1. The number of imidazole rings is 1. The largest absolute Gasteiger partial charge is 0.445 e. The van der Waals surface area contributed by atoms with Crippen molar-refractivity contribution in [2.75, 3.05) is 12.3 Å². The van der Waals surface area contributed by atoms with Crippen molar-refractivity contribution in [3.63, 3.8) is 0 Å². The molecule has 0 bridgehead atoms. The van der Waals surface area contributed by atoms with Crippen molar-refractivity contribution in [3.8, 4) is 6.07 Å². The van der Waals surface area contributed by atoms with Crippen molar-refractivity contribution in [2.45, 2.75) is 24.5 Å². The van der Waals surface area contributed by atoms with Gasteiger partial charge in [0.2, 0.25) is 0 Å². The van der Waals surface area contributed by atoms with E-state index in [9.17, 15) is 10.1 Å². The third-order valence-corrected chi connectivity index (χ3v) is 4.37. The van der Waals surface area contributed by atoms with Crippen LogP contribution in [0.2, 0.25) is 0 Å². The molecule has 4 heterocycles. The molecule has 0 spiro atoms.